The van der Waals surface area contributed by atoms with Crippen molar-refractivity contribution in [3.8, 4) is 0 Å². The van der Waals surface area contributed by atoms with E-state index in [1.165, 1.54) is 0 Å². The van der Waals surface area contributed by atoms with Gasteiger partial charge in [0, 0.05) is 45.8 Å². The first-order valence-corrected chi connectivity index (χ1v) is 8.88. The molecule has 0 amide bonds. The summed E-state index contributed by atoms with van der Waals surface area (Å²) in [5, 5.41) is 11.8. The Bertz CT molecular complexity index is 760. The van der Waals surface area contributed by atoms with Crippen molar-refractivity contribution in [1.82, 2.24) is 25.6 Å². The third kappa shape index (κ3) is 6.55. The van der Waals surface area contributed by atoms with E-state index in [-0.39, 0.29) is 5.95 Å². The Labute approximate surface area is 159 Å². The number of thiazole rings is 1. The van der Waals surface area contributed by atoms with E-state index in [4.69, 9.17) is 0 Å². The maximum absolute atomic E-state index is 12.6. The number of aliphatic imine (C=N–C) groups is 1. The number of aromatic nitrogens is 3. The number of halogens is 3. The van der Waals surface area contributed by atoms with Crippen LogP contribution in [0.25, 0.3) is 0 Å². The molecule has 0 saturated heterocycles. The Kier molecular flexibility index (Phi) is 7.16. The van der Waals surface area contributed by atoms with Crippen molar-refractivity contribution in [2.24, 2.45) is 4.99 Å². The normalized spacial score (nSPS) is 12.0. The van der Waals surface area contributed by atoms with E-state index < -0.39 is 11.9 Å². The van der Waals surface area contributed by atoms with Crippen molar-refractivity contribution in [3.05, 3.63) is 29.0 Å². The number of rotatable bonds is 7. The van der Waals surface area contributed by atoms with Gasteiger partial charge in [-0.1, -0.05) is 0 Å². The first-order valence-electron chi connectivity index (χ1n) is 8.00. The quantitative estimate of drug-likeness (QED) is 0.370. The molecule has 0 aliphatic carbocycles. The summed E-state index contributed by atoms with van der Waals surface area (Å²) in [7, 11) is 5.49. The van der Waals surface area contributed by atoms with Crippen LogP contribution >= 0.6 is 11.3 Å². The number of hydrogen-bond donors (Lipinski definition) is 3. The highest BCUT2D eigenvalue weighted by molar-refractivity contribution is 7.13. The number of nitrogens with one attached hydrogen (secondary N) is 3. The summed E-state index contributed by atoms with van der Waals surface area (Å²) in [5.74, 6) is 0.481. The van der Waals surface area contributed by atoms with Gasteiger partial charge < -0.3 is 20.9 Å². The summed E-state index contributed by atoms with van der Waals surface area (Å²) in [6.07, 6.45) is -3.42. The molecule has 0 radical (unpaired) electrons. The molecular formula is C15H21F3N8S. The maximum Gasteiger partial charge on any atom is 0.433 e. The predicted molar refractivity (Wildman–Crippen MR) is 100 cm³/mol. The van der Waals surface area contributed by atoms with Crippen molar-refractivity contribution in [3.63, 3.8) is 0 Å². The number of nitrogens with zero attached hydrogens (tertiary/aromatic N) is 5. The lowest BCUT2D eigenvalue weighted by atomic mass is 10.4. The molecule has 0 atom stereocenters. The molecule has 0 aromatic carbocycles. The summed E-state index contributed by atoms with van der Waals surface area (Å²) >= 11 is 1.55. The first kappa shape index (κ1) is 20.7. The fraction of sp³-hybridized carbons (Fsp3) is 0.467. The van der Waals surface area contributed by atoms with E-state index in [0.717, 1.165) is 23.1 Å². The number of anilines is 2. The zero-order valence-electron chi connectivity index (χ0n) is 15.1. The summed E-state index contributed by atoms with van der Waals surface area (Å²) < 4.78 is 37.9. The molecule has 3 N–H and O–H groups in total. The second-order valence-electron chi connectivity index (χ2n) is 5.56. The van der Waals surface area contributed by atoms with Crippen LogP contribution in [0.1, 0.15) is 11.4 Å². The molecule has 0 fully saturated rings. The standard InChI is InChI=1S/C15H21F3N8S/c1-19-12(23-8-10-9-27-14(24-10)26(2)3)21-6-7-22-13-20-5-4-11(25-13)15(16,17)18/h4-5,9H,6-8H2,1-3H3,(H2,19,21,23)(H,20,22,25). The van der Waals surface area contributed by atoms with E-state index >= 15 is 0 Å². The largest absolute Gasteiger partial charge is 0.433 e. The summed E-state index contributed by atoms with van der Waals surface area (Å²) in [6, 6.07) is 0.829. The van der Waals surface area contributed by atoms with Crippen molar-refractivity contribution in [2.45, 2.75) is 12.7 Å². The Morgan fingerprint density at radius 2 is 2.00 bits per heavy atom. The SMILES string of the molecule is CN=C(NCCNc1nccc(C(F)(F)F)n1)NCc1csc(N(C)C)n1. The van der Waals surface area contributed by atoms with Gasteiger partial charge in [0.15, 0.2) is 11.1 Å². The molecule has 8 nitrogen and oxygen atoms in total. The van der Waals surface area contributed by atoms with E-state index in [1.807, 2.05) is 24.4 Å². The van der Waals surface area contributed by atoms with Gasteiger partial charge >= 0.3 is 6.18 Å². The lowest BCUT2D eigenvalue weighted by molar-refractivity contribution is -0.141. The summed E-state index contributed by atoms with van der Waals surface area (Å²) in [6.45, 7) is 1.25. The molecule has 2 aromatic heterocycles. The van der Waals surface area contributed by atoms with Crippen molar-refractivity contribution < 1.29 is 13.2 Å². The van der Waals surface area contributed by atoms with Gasteiger partial charge in [-0.15, -0.1) is 11.3 Å². The number of guanidine groups is 1. The van der Waals surface area contributed by atoms with Crippen molar-refractivity contribution >= 4 is 28.4 Å². The smallest absolute Gasteiger partial charge is 0.355 e. The third-order valence-electron chi connectivity index (χ3n) is 3.23. The highest BCUT2D eigenvalue weighted by atomic mass is 32.1. The zero-order valence-corrected chi connectivity index (χ0v) is 15.9. The van der Waals surface area contributed by atoms with Crippen LogP contribution in [0.5, 0.6) is 0 Å². The molecule has 0 bridgehead atoms. The van der Waals surface area contributed by atoms with Crippen LogP contribution in [0.4, 0.5) is 24.3 Å². The molecule has 0 spiro atoms. The topological polar surface area (TPSA) is 90.4 Å². The van der Waals surface area contributed by atoms with E-state index in [1.54, 1.807) is 18.4 Å². The molecule has 0 saturated carbocycles. The molecule has 2 heterocycles. The number of hydrogen-bond acceptors (Lipinski definition) is 7. The lowest BCUT2D eigenvalue weighted by Crippen LogP contribution is -2.39. The van der Waals surface area contributed by atoms with Crippen LogP contribution < -0.4 is 20.9 Å². The maximum atomic E-state index is 12.6. The van der Waals surface area contributed by atoms with Crippen LogP contribution in [0, 0.1) is 0 Å². The van der Waals surface area contributed by atoms with E-state index in [0.29, 0.717) is 25.6 Å². The molecule has 0 aliphatic heterocycles. The molecule has 2 aromatic rings. The van der Waals surface area contributed by atoms with Gasteiger partial charge in [-0.25, -0.2) is 15.0 Å². The van der Waals surface area contributed by atoms with Gasteiger partial charge in [0.05, 0.1) is 12.2 Å². The minimum Gasteiger partial charge on any atom is -0.355 e. The molecule has 2 rings (SSSR count). The second kappa shape index (κ2) is 9.35. The van der Waals surface area contributed by atoms with E-state index in [9.17, 15) is 13.2 Å². The summed E-state index contributed by atoms with van der Waals surface area (Å²) in [5.41, 5.74) is -0.0899. The molecule has 0 aliphatic rings. The molecule has 148 valence electrons. The Balaban J connectivity index is 1.75. The van der Waals surface area contributed by atoms with Crippen LogP contribution in [-0.4, -0.2) is 55.1 Å². The molecule has 0 unspecified atom stereocenters. The fourth-order valence-corrected chi connectivity index (χ4v) is 2.69. The lowest BCUT2D eigenvalue weighted by Gasteiger charge is -2.12. The van der Waals surface area contributed by atoms with Gasteiger partial charge in [0.2, 0.25) is 5.95 Å². The van der Waals surface area contributed by atoms with Gasteiger partial charge in [-0.3, -0.25) is 4.99 Å². The van der Waals surface area contributed by atoms with Crippen LogP contribution in [0.15, 0.2) is 22.6 Å². The Morgan fingerprint density at radius 3 is 2.63 bits per heavy atom. The molecular weight excluding hydrogens is 381 g/mol. The Morgan fingerprint density at radius 1 is 1.22 bits per heavy atom. The predicted octanol–water partition coefficient (Wildman–Crippen LogP) is 1.79. The fourth-order valence-electron chi connectivity index (χ4n) is 1.93. The van der Waals surface area contributed by atoms with Crippen LogP contribution in [0.2, 0.25) is 0 Å². The van der Waals surface area contributed by atoms with Crippen molar-refractivity contribution in [2.75, 3.05) is 44.4 Å². The first-order chi connectivity index (χ1) is 12.8. The van der Waals surface area contributed by atoms with Crippen molar-refractivity contribution in [1.29, 1.82) is 0 Å². The van der Waals surface area contributed by atoms with Crippen LogP contribution in [-0.2, 0) is 12.7 Å². The Hall–Kier alpha value is -2.63. The number of alkyl halides is 3. The van der Waals surface area contributed by atoms with Gasteiger partial charge in [0.25, 0.3) is 0 Å². The minimum absolute atomic E-state index is 0.0757. The van der Waals surface area contributed by atoms with Gasteiger partial charge in [0.1, 0.15) is 5.69 Å². The molecule has 12 heteroatoms. The summed E-state index contributed by atoms with van der Waals surface area (Å²) in [4.78, 5) is 17.7. The second-order valence-corrected chi connectivity index (χ2v) is 6.39. The minimum atomic E-state index is -4.49. The van der Waals surface area contributed by atoms with E-state index in [2.05, 4.69) is 35.9 Å². The van der Waals surface area contributed by atoms with Crippen LogP contribution in [0.3, 0.4) is 0 Å². The average molecular weight is 402 g/mol. The van der Waals surface area contributed by atoms with Gasteiger partial charge in [-0.05, 0) is 6.07 Å². The average Bonchev–Trinajstić information content (AvgIpc) is 3.10. The zero-order chi connectivity index (χ0) is 19.9. The highest BCUT2D eigenvalue weighted by Crippen LogP contribution is 2.27. The monoisotopic (exact) mass is 402 g/mol. The molecule has 27 heavy (non-hydrogen) atoms. The highest BCUT2D eigenvalue weighted by Gasteiger charge is 2.32. The third-order valence-corrected chi connectivity index (χ3v) is 4.29. The van der Waals surface area contributed by atoms with Gasteiger partial charge in [-0.2, -0.15) is 13.2 Å².